The van der Waals surface area contributed by atoms with Gasteiger partial charge in [0.15, 0.2) is 17.5 Å². The number of aryl methyl sites for hydroxylation is 1. The van der Waals surface area contributed by atoms with E-state index in [2.05, 4.69) is 0 Å². The van der Waals surface area contributed by atoms with Crippen molar-refractivity contribution in [2.24, 2.45) is 0 Å². The molecule has 2 N–H and O–H groups in total. The van der Waals surface area contributed by atoms with Gasteiger partial charge in [-0.1, -0.05) is 0 Å². The number of halogens is 5. The Kier molecular flexibility index (Phi) is 5.36. The van der Waals surface area contributed by atoms with E-state index in [1.807, 2.05) is 0 Å². The first kappa shape index (κ1) is 21.1. The molecule has 1 aromatic heterocycles. The molecule has 29 heavy (non-hydrogen) atoms. The number of aromatic nitrogens is 2. The molecule has 158 valence electrons. The summed E-state index contributed by atoms with van der Waals surface area (Å²) in [5.41, 5.74) is -5.20. The van der Waals surface area contributed by atoms with Gasteiger partial charge in [0.25, 0.3) is 5.56 Å². The summed E-state index contributed by atoms with van der Waals surface area (Å²) in [4.78, 5) is 24.9. The molecule has 0 aliphatic carbocycles. The fourth-order valence-corrected chi connectivity index (χ4v) is 3.08. The Labute approximate surface area is 159 Å². The summed E-state index contributed by atoms with van der Waals surface area (Å²) in [7, 11) is 0. The van der Waals surface area contributed by atoms with Gasteiger partial charge in [0, 0.05) is 18.2 Å². The number of rotatable bonds is 4. The largest absolute Gasteiger partial charge is 0.394 e. The van der Waals surface area contributed by atoms with Crippen LogP contribution < -0.4 is 11.2 Å². The molecule has 0 radical (unpaired) electrons. The molecule has 0 amide bonds. The zero-order valence-corrected chi connectivity index (χ0v) is 14.8. The van der Waals surface area contributed by atoms with Crippen LogP contribution in [0, 0.1) is 24.4 Å². The number of hydrogen-bond donors (Lipinski definition) is 2. The van der Waals surface area contributed by atoms with E-state index in [0.29, 0.717) is 4.57 Å². The Hall–Kier alpha value is -2.57. The Bertz CT molecular complexity index is 1070. The minimum atomic E-state index is -4.67. The Morgan fingerprint density at radius 2 is 1.86 bits per heavy atom. The van der Waals surface area contributed by atoms with Crippen LogP contribution in [0.5, 0.6) is 0 Å². The fraction of sp³-hybridized carbons (Fsp3) is 0.412. The summed E-state index contributed by atoms with van der Waals surface area (Å²) in [5.74, 6) is -6.15. The first-order valence-electron chi connectivity index (χ1n) is 8.32. The summed E-state index contributed by atoms with van der Waals surface area (Å²) in [5, 5.41) is 18.9. The van der Waals surface area contributed by atoms with Crippen molar-refractivity contribution in [3.63, 3.8) is 0 Å². The monoisotopic (exact) mass is 422 g/mol. The van der Waals surface area contributed by atoms with Gasteiger partial charge in [-0.05, 0) is 19.1 Å². The van der Waals surface area contributed by atoms with Crippen LogP contribution >= 0.6 is 0 Å². The van der Waals surface area contributed by atoms with Gasteiger partial charge in [0.1, 0.15) is 12.3 Å². The molecule has 1 aliphatic heterocycles. The van der Waals surface area contributed by atoms with Crippen LogP contribution in [-0.4, -0.2) is 38.2 Å². The maximum atomic E-state index is 14.9. The predicted octanol–water partition coefficient (Wildman–Crippen LogP) is 0.974. The molecule has 3 atom stereocenters. The van der Waals surface area contributed by atoms with Crippen LogP contribution in [0.4, 0.5) is 22.0 Å². The molecule has 3 rings (SSSR count). The van der Waals surface area contributed by atoms with Crippen LogP contribution in [-0.2, 0) is 10.8 Å². The lowest BCUT2D eigenvalue weighted by Gasteiger charge is -2.23. The summed E-state index contributed by atoms with van der Waals surface area (Å²) in [6.45, 7) is 0.489. The van der Waals surface area contributed by atoms with E-state index in [0.717, 1.165) is 13.1 Å². The molecule has 0 unspecified atom stereocenters. The van der Waals surface area contributed by atoms with Crippen molar-refractivity contribution in [2.45, 2.75) is 37.8 Å². The van der Waals surface area contributed by atoms with Gasteiger partial charge < -0.3 is 14.9 Å². The van der Waals surface area contributed by atoms with Gasteiger partial charge in [0.2, 0.25) is 0 Å². The van der Waals surface area contributed by atoms with E-state index in [1.54, 1.807) is 0 Å². The van der Waals surface area contributed by atoms with Gasteiger partial charge in [-0.15, -0.1) is 0 Å². The third-order valence-electron chi connectivity index (χ3n) is 4.62. The van der Waals surface area contributed by atoms with Crippen molar-refractivity contribution < 1.29 is 36.9 Å². The van der Waals surface area contributed by atoms with Gasteiger partial charge in [-0.3, -0.25) is 9.36 Å². The second-order valence-corrected chi connectivity index (χ2v) is 6.52. The number of alkyl halides is 2. The third kappa shape index (κ3) is 3.36. The highest BCUT2D eigenvalue weighted by atomic mass is 19.3. The Morgan fingerprint density at radius 1 is 1.21 bits per heavy atom. The van der Waals surface area contributed by atoms with Crippen LogP contribution in [0.3, 0.4) is 0 Å². The topological polar surface area (TPSA) is 93.7 Å². The number of nitrogens with zero attached hydrogens (tertiary/aromatic N) is 2. The van der Waals surface area contributed by atoms with Gasteiger partial charge in [-0.2, -0.15) is 13.3 Å². The first-order chi connectivity index (χ1) is 13.5. The SMILES string of the molecule is Cc1cn([C@H]2C[C@H](O)[C@@H](CO)O2)c(=O)n(C(F)(F)c2ccc(F)c(F)c2F)c1=O. The lowest BCUT2D eigenvalue weighted by Crippen LogP contribution is -2.50. The molecule has 1 saturated heterocycles. The number of ether oxygens (including phenoxy) is 1. The van der Waals surface area contributed by atoms with Crippen LogP contribution in [0.2, 0.25) is 0 Å². The van der Waals surface area contributed by atoms with Gasteiger partial charge in [0.05, 0.1) is 18.3 Å². The summed E-state index contributed by atoms with van der Waals surface area (Å²) >= 11 is 0. The molecule has 0 spiro atoms. The summed E-state index contributed by atoms with van der Waals surface area (Å²) in [6, 6.07) is -4.21. The number of hydrogen-bond acceptors (Lipinski definition) is 5. The molecular weight excluding hydrogens is 407 g/mol. The minimum absolute atomic E-state index is 0.226. The van der Waals surface area contributed by atoms with Crippen molar-refractivity contribution in [2.75, 3.05) is 6.61 Å². The van der Waals surface area contributed by atoms with E-state index >= 15 is 0 Å². The average Bonchev–Trinajstić information content (AvgIpc) is 3.03. The molecule has 1 aromatic carbocycles. The fourth-order valence-electron chi connectivity index (χ4n) is 3.08. The number of aliphatic hydroxyl groups excluding tert-OH is 2. The van der Waals surface area contributed by atoms with Gasteiger partial charge >= 0.3 is 11.7 Å². The second-order valence-electron chi connectivity index (χ2n) is 6.52. The molecular formula is C17H15F5N2O5. The van der Waals surface area contributed by atoms with Crippen molar-refractivity contribution in [1.82, 2.24) is 9.13 Å². The molecule has 1 fully saturated rings. The first-order valence-corrected chi connectivity index (χ1v) is 8.32. The number of benzene rings is 1. The van der Waals surface area contributed by atoms with Crippen molar-refractivity contribution in [3.8, 4) is 0 Å². The van der Waals surface area contributed by atoms with Crippen molar-refractivity contribution in [3.05, 3.63) is 67.7 Å². The van der Waals surface area contributed by atoms with Crippen molar-refractivity contribution in [1.29, 1.82) is 0 Å². The smallest absolute Gasteiger partial charge is 0.365 e. The zero-order valence-electron chi connectivity index (χ0n) is 14.8. The minimum Gasteiger partial charge on any atom is -0.394 e. The highest BCUT2D eigenvalue weighted by Crippen LogP contribution is 2.32. The molecule has 2 aromatic rings. The lowest BCUT2D eigenvalue weighted by molar-refractivity contribution is -0.0616. The van der Waals surface area contributed by atoms with E-state index in [4.69, 9.17) is 9.84 Å². The predicted molar refractivity (Wildman–Crippen MR) is 86.9 cm³/mol. The lowest BCUT2D eigenvalue weighted by atomic mass is 10.1. The van der Waals surface area contributed by atoms with Crippen LogP contribution in [0.1, 0.15) is 23.8 Å². The van der Waals surface area contributed by atoms with Crippen LogP contribution in [0.25, 0.3) is 0 Å². The average molecular weight is 422 g/mol. The number of aliphatic hydroxyl groups is 2. The normalized spacial score (nSPS) is 22.3. The van der Waals surface area contributed by atoms with E-state index in [9.17, 15) is 36.6 Å². The van der Waals surface area contributed by atoms with E-state index < -0.39 is 69.9 Å². The molecule has 1 aliphatic rings. The Morgan fingerprint density at radius 3 is 2.45 bits per heavy atom. The summed E-state index contributed by atoms with van der Waals surface area (Å²) < 4.78 is 75.6. The van der Waals surface area contributed by atoms with Crippen LogP contribution in [0.15, 0.2) is 27.9 Å². The maximum absolute atomic E-state index is 14.9. The molecule has 0 bridgehead atoms. The molecule has 2 heterocycles. The van der Waals surface area contributed by atoms with Gasteiger partial charge in [-0.25, -0.2) is 18.0 Å². The quantitative estimate of drug-likeness (QED) is 0.566. The molecule has 7 nitrogen and oxygen atoms in total. The molecule has 12 heteroatoms. The third-order valence-corrected chi connectivity index (χ3v) is 4.62. The van der Waals surface area contributed by atoms with Crippen molar-refractivity contribution >= 4 is 0 Å². The Balaban J connectivity index is 2.20. The second kappa shape index (κ2) is 7.35. The molecule has 0 saturated carbocycles. The highest BCUT2D eigenvalue weighted by molar-refractivity contribution is 5.25. The highest BCUT2D eigenvalue weighted by Gasteiger charge is 2.43. The van der Waals surface area contributed by atoms with E-state index in [1.165, 1.54) is 0 Å². The maximum Gasteiger partial charge on any atom is 0.365 e. The van der Waals surface area contributed by atoms with E-state index in [-0.39, 0.29) is 24.1 Å². The zero-order chi connectivity index (χ0) is 21.7. The standard InChI is InChI=1S/C17H15F5N2O5/c1-7-5-23(12-4-10(26)11(6-25)29-12)16(28)24(15(7)27)17(21,22)8-2-3-9(18)14(20)13(8)19/h2-3,5,10-12,25-26H,4,6H2,1H3/t10-,11+,12+/m0/s1. The summed E-state index contributed by atoms with van der Waals surface area (Å²) in [6.07, 6.45) is -2.94.